The summed E-state index contributed by atoms with van der Waals surface area (Å²) in [4.78, 5) is 15.5. The zero-order chi connectivity index (χ0) is 31.7. The molecule has 9 heteroatoms. The third-order valence-corrected chi connectivity index (χ3v) is 8.63. The number of nitrogens with one attached hydrogen (secondary N) is 1. The zero-order valence-electron chi connectivity index (χ0n) is 26.7. The fraction of sp³-hybridized carbons (Fsp3) is 0.472. The van der Waals surface area contributed by atoms with E-state index in [0.29, 0.717) is 29.4 Å². The number of carbonyl (C=O) groups is 1. The van der Waals surface area contributed by atoms with Crippen molar-refractivity contribution in [3.63, 3.8) is 0 Å². The summed E-state index contributed by atoms with van der Waals surface area (Å²) in [6, 6.07) is 20.2. The monoisotopic (exact) mass is 646 g/mol. The molecule has 5 nitrogen and oxygen atoms in total. The van der Waals surface area contributed by atoms with Gasteiger partial charge in [0.25, 0.3) is 0 Å². The number of likely N-dealkylation sites (N-methyl/N-ethyl adjacent to an activating group) is 1. The summed E-state index contributed by atoms with van der Waals surface area (Å²) in [5, 5.41) is 3.17. The van der Waals surface area contributed by atoms with Crippen molar-refractivity contribution in [2.75, 3.05) is 33.9 Å². The number of hydrogen-bond donors (Lipinski definition) is 1. The summed E-state index contributed by atoms with van der Waals surface area (Å²) in [6.45, 7) is 8.03. The lowest BCUT2D eigenvalue weighted by molar-refractivity contribution is -0.137. The van der Waals surface area contributed by atoms with Crippen LogP contribution in [0.3, 0.4) is 0 Å². The van der Waals surface area contributed by atoms with Gasteiger partial charge in [-0.2, -0.15) is 13.2 Å². The van der Waals surface area contributed by atoms with Crippen molar-refractivity contribution in [1.82, 2.24) is 10.2 Å². The minimum absolute atomic E-state index is 0. The summed E-state index contributed by atoms with van der Waals surface area (Å²) in [7, 11) is 3.26. The lowest BCUT2D eigenvalue weighted by Crippen LogP contribution is -2.34. The average molecular weight is 647 g/mol. The van der Waals surface area contributed by atoms with Crippen LogP contribution in [0, 0.1) is 11.8 Å². The van der Waals surface area contributed by atoms with Gasteiger partial charge < -0.3 is 14.8 Å². The average Bonchev–Trinajstić information content (AvgIpc) is 3.31. The molecule has 5 rings (SSSR count). The zero-order valence-corrected chi connectivity index (χ0v) is 27.5. The van der Waals surface area contributed by atoms with Crippen LogP contribution >= 0.6 is 12.4 Å². The van der Waals surface area contributed by atoms with E-state index in [0.717, 1.165) is 56.2 Å². The molecule has 1 aliphatic carbocycles. The minimum atomic E-state index is -4.25. The van der Waals surface area contributed by atoms with Crippen molar-refractivity contribution in [2.24, 2.45) is 11.8 Å². The number of halogens is 4. The fourth-order valence-electron chi connectivity index (χ4n) is 6.36. The number of ketones is 1. The number of rotatable bonds is 10. The molecule has 1 N–H and O–H groups in total. The number of fused-ring (bicyclic) bond motifs is 1. The molecule has 1 aliphatic heterocycles. The first kappa shape index (κ1) is 36.4. The predicted molar refractivity (Wildman–Crippen MR) is 176 cm³/mol. The molecule has 2 aliphatic rings. The number of hydrogen-bond acceptors (Lipinski definition) is 5. The highest BCUT2D eigenvalue weighted by atomic mass is 35.5. The van der Waals surface area contributed by atoms with E-state index in [1.165, 1.54) is 30.5 Å². The highest BCUT2D eigenvalue weighted by Gasteiger charge is 2.34. The van der Waals surface area contributed by atoms with Crippen molar-refractivity contribution in [3.05, 3.63) is 94.5 Å². The van der Waals surface area contributed by atoms with E-state index in [4.69, 9.17) is 9.47 Å². The van der Waals surface area contributed by atoms with Gasteiger partial charge in [0, 0.05) is 24.1 Å². The number of benzene rings is 3. The molecule has 2 atom stereocenters. The topological polar surface area (TPSA) is 50.8 Å². The van der Waals surface area contributed by atoms with Crippen LogP contribution in [0.25, 0.3) is 0 Å². The quantitative estimate of drug-likeness (QED) is 0.242. The van der Waals surface area contributed by atoms with Gasteiger partial charge in [0.1, 0.15) is 0 Å². The van der Waals surface area contributed by atoms with Crippen LogP contribution in [-0.4, -0.2) is 50.6 Å². The van der Waals surface area contributed by atoms with Crippen molar-refractivity contribution >= 4 is 18.2 Å². The van der Waals surface area contributed by atoms with Crippen LogP contribution in [0.4, 0.5) is 13.2 Å². The molecule has 0 bridgehead atoms. The van der Waals surface area contributed by atoms with Crippen LogP contribution in [0.2, 0.25) is 0 Å². The van der Waals surface area contributed by atoms with E-state index in [1.54, 1.807) is 20.3 Å². The summed E-state index contributed by atoms with van der Waals surface area (Å²) < 4.78 is 48.1. The molecule has 3 aromatic rings. The summed E-state index contributed by atoms with van der Waals surface area (Å²) >= 11 is 0. The van der Waals surface area contributed by atoms with Gasteiger partial charge in [-0.05, 0) is 99.5 Å². The van der Waals surface area contributed by atoms with Gasteiger partial charge >= 0.3 is 6.18 Å². The molecule has 2 unspecified atom stereocenters. The van der Waals surface area contributed by atoms with Crippen molar-refractivity contribution in [1.29, 1.82) is 0 Å². The Labute approximate surface area is 271 Å². The molecule has 246 valence electrons. The van der Waals surface area contributed by atoms with E-state index in [-0.39, 0.29) is 30.2 Å². The third-order valence-electron chi connectivity index (χ3n) is 8.63. The predicted octanol–water partition coefficient (Wildman–Crippen LogP) is 8.03. The summed E-state index contributed by atoms with van der Waals surface area (Å²) in [5.41, 5.74) is 3.44. The largest absolute Gasteiger partial charge is 0.493 e. The normalized spacial score (nSPS) is 17.5. The third kappa shape index (κ3) is 10.2. The Kier molecular flexibility index (Phi) is 13.8. The highest BCUT2D eigenvalue weighted by Crippen LogP contribution is 2.39. The second-order valence-corrected chi connectivity index (χ2v) is 11.9. The lowest BCUT2D eigenvalue weighted by Gasteiger charge is -2.32. The Morgan fingerprint density at radius 3 is 2.20 bits per heavy atom. The van der Waals surface area contributed by atoms with Crippen molar-refractivity contribution in [2.45, 2.75) is 64.7 Å². The standard InChI is InChI=1S/C24H29NO3.C12H16F3N.ClH/c1-27-22-14-19-13-20(24(26)21(19)15-23(22)28-2)12-17-8-10-25(11-9-17)16-18-6-4-3-5-7-18;1-3-16-9(2)7-10-5-4-6-11(8-10)12(13,14)15;/h3-7,14-15,17,20H,8-13,16H2,1-2H3;4-6,8-9,16H,3,7H2,1-2H3;1H. The number of methoxy groups -OCH3 is 2. The minimum Gasteiger partial charge on any atom is -0.493 e. The second kappa shape index (κ2) is 17.0. The number of ether oxygens (including phenoxy) is 2. The fourth-order valence-corrected chi connectivity index (χ4v) is 6.36. The Balaban J connectivity index is 0.000000279. The lowest BCUT2D eigenvalue weighted by atomic mass is 9.85. The molecule has 0 radical (unpaired) electrons. The summed E-state index contributed by atoms with van der Waals surface area (Å²) in [5.74, 6) is 2.38. The van der Waals surface area contributed by atoms with Gasteiger partial charge in [0.15, 0.2) is 17.3 Å². The molecule has 0 aromatic heterocycles. The van der Waals surface area contributed by atoms with E-state index in [9.17, 15) is 18.0 Å². The SMILES string of the molecule is CCNC(C)Cc1cccc(C(F)(F)F)c1.COc1cc2c(cc1OC)C(=O)C(CC1CCN(Cc3ccccc3)CC1)C2.Cl. The molecule has 0 amide bonds. The number of alkyl halides is 3. The van der Waals surface area contributed by atoms with Crippen LogP contribution < -0.4 is 14.8 Å². The van der Waals surface area contributed by atoms with Gasteiger partial charge in [-0.25, -0.2) is 0 Å². The molecular formula is C36H46ClF3N2O3. The first-order valence-electron chi connectivity index (χ1n) is 15.6. The van der Waals surface area contributed by atoms with Gasteiger partial charge in [-0.3, -0.25) is 9.69 Å². The summed E-state index contributed by atoms with van der Waals surface area (Å²) in [6.07, 6.45) is 0.546. The van der Waals surface area contributed by atoms with Crippen LogP contribution in [0.15, 0.2) is 66.7 Å². The molecular weight excluding hydrogens is 601 g/mol. The maximum atomic E-state index is 12.9. The van der Waals surface area contributed by atoms with E-state index in [2.05, 4.69) is 40.5 Å². The molecule has 1 fully saturated rings. The van der Waals surface area contributed by atoms with Gasteiger partial charge in [0.2, 0.25) is 0 Å². The molecule has 0 spiro atoms. The Morgan fingerprint density at radius 1 is 0.933 bits per heavy atom. The number of likely N-dealkylation sites (tertiary alicyclic amines) is 1. The van der Waals surface area contributed by atoms with E-state index in [1.807, 2.05) is 26.0 Å². The number of piperidine rings is 1. The number of nitrogens with zero attached hydrogens (tertiary/aromatic N) is 1. The van der Waals surface area contributed by atoms with E-state index < -0.39 is 11.7 Å². The smallest absolute Gasteiger partial charge is 0.416 e. The van der Waals surface area contributed by atoms with E-state index >= 15 is 0 Å². The molecule has 1 heterocycles. The Hall–Kier alpha value is -3.07. The molecule has 0 saturated carbocycles. The Bertz CT molecular complexity index is 1360. The second-order valence-electron chi connectivity index (χ2n) is 11.9. The van der Waals surface area contributed by atoms with Gasteiger partial charge in [-0.15, -0.1) is 12.4 Å². The molecule has 3 aromatic carbocycles. The van der Waals surface area contributed by atoms with Crippen LogP contribution in [0.1, 0.15) is 65.7 Å². The molecule has 45 heavy (non-hydrogen) atoms. The van der Waals surface area contributed by atoms with Crippen LogP contribution in [-0.2, 0) is 25.6 Å². The van der Waals surface area contributed by atoms with Gasteiger partial charge in [0.05, 0.1) is 19.8 Å². The maximum absolute atomic E-state index is 12.9. The van der Waals surface area contributed by atoms with Gasteiger partial charge in [-0.1, -0.05) is 55.5 Å². The highest BCUT2D eigenvalue weighted by molar-refractivity contribution is 6.02. The first-order chi connectivity index (χ1) is 21.1. The van der Waals surface area contributed by atoms with Crippen molar-refractivity contribution in [3.8, 4) is 11.5 Å². The first-order valence-corrected chi connectivity index (χ1v) is 15.6. The molecule has 1 saturated heterocycles. The number of Topliss-reactive ketones (excluding diaryl/α,β-unsaturated/α-hetero) is 1. The Morgan fingerprint density at radius 2 is 1.58 bits per heavy atom. The van der Waals surface area contributed by atoms with Crippen LogP contribution in [0.5, 0.6) is 11.5 Å². The number of carbonyl (C=O) groups excluding carboxylic acids is 1. The maximum Gasteiger partial charge on any atom is 0.416 e. The van der Waals surface area contributed by atoms with Crippen molar-refractivity contribution < 1.29 is 27.4 Å².